The van der Waals surface area contributed by atoms with Crippen LogP contribution in [0.2, 0.25) is 0 Å². The summed E-state index contributed by atoms with van der Waals surface area (Å²) in [5.41, 5.74) is 2.45. The molecule has 2 aromatic carbocycles. The van der Waals surface area contributed by atoms with Crippen LogP contribution < -0.4 is 5.32 Å². The van der Waals surface area contributed by atoms with Crippen LogP contribution in [0.4, 0.5) is 4.79 Å². The molecule has 0 unspecified atom stereocenters. The first-order chi connectivity index (χ1) is 10.6. The summed E-state index contributed by atoms with van der Waals surface area (Å²) in [6.45, 7) is 0.507. The number of benzene rings is 2. The zero-order chi connectivity index (χ0) is 15.8. The van der Waals surface area contributed by atoms with Crippen LogP contribution >= 0.6 is 0 Å². The molecule has 114 valence electrons. The molecule has 0 aliphatic heterocycles. The lowest BCUT2D eigenvalue weighted by atomic mass is 10.1. The molecule has 22 heavy (non-hydrogen) atoms. The Kier molecular flexibility index (Phi) is 5.54. The third-order valence-corrected chi connectivity index (χ3v) is 3.00. The van der Waals surface area contributed by atoms with Gasteiger partial charge in [-0.15, -0.1) is 0 Å². The molecule has 5 heteroatoms. The van der Waals surface area contributed by atoms with Gasteiger partial charge in [0.1, 0.15) is 6.61 Å². The molecule has 1 amide bonds. The molecule has 0 heterocycles. The summed E-state index contributed by atoms with van der Waals surface area (Å²) in [5, 5.41) is 11.4. The van der Waals surface area contributed by atoms with E-state index in [4.69, 9.17) is 9.84 Å². The Labute approximate surface area is 128 Å². The van der Waals surface area contributed by atoms with Crippen molar-refractivity contribution in [2.45, 2.75) is 19.6 Å². The van der Waals surface area contributed by atoms with Crippen molar-refractivity contribution in [1.29, 1.82) is 0 Å². The van der Waals surface area contributed by atoms with Gasteiger partial charge in [0.2, 0.25) is 0 Å². The first-order valence-corrected chi connectivity index (χ1v) is 6.87. The second-order valence-corrected chi connectivity index (χ2v) is 4.81. The normalized spacial score (nSPS) is 10.0. The van der Waals surface area contributed by atoms with Crippen LogP contribution in [0.5, 0.6) is 0 Å². The van der Waals surface area contributed by atoms with E-state index in [1.807, 2.05) is 36.4 Å². The van der Waals surface area contributed by atoms with Gasteiger partial charge in [0, 0.05) is 6.54 Å². The number of hydrogen-bond donors (Lipinski definition) is 2. The number of nitrogens with one attached hydrogen (secondary N) is 1. The van der Waals surface area contributed by atoms with E-state index in [1.165, 1.54) is 0 Å². The number of carboxylic acid groups (broad SMARTS) is 1. The SMILES string of the molecule is O=C(O)Cc1cccc(CNC(=O)OCc2ccccc2)c1. The van der Waals surface area contributed by atoms with Gasteiger partial charge >= 0.3 is 12.1 Å². The van der Waals surface area contributed by atoms with Gasteiger partial charge in [-0.2, -0.15) is 0 Å². The Hall–Kier alpha value is -2.82. The molecular weight excluding hydrogens is 282 g/mol. The molecule has 0 saturated heterocycles. The van der Waals surface area contributed by atoms with Gasteiger partial charge in [0.25, 0.3) is 0 Å². The molecule has 0 spiro atoms. The van der Waals surface area contributed by atoms with Crippen LogP contribution in [0.15, 0.2) is 54.6 Å². The van der Waals surface area contributed by atoms with Crippen LogP contribution in [-0.2, 0) is 29.1 Å². The maximum absolute atomic E-state index is 11.6. The van der Waals surface area contributed by atoms with E-state index in [1.54, 1.807) is 18.2 Å². The molecule has 5 nitrogen and oxygen atoms in total. The minimum Gasteiger partial charge on any atom is -0.481 e. The van der Waals surface area contributed by atoms with E-state index < -0.39 is 12.1 Å². The summed E-state index contributed by atoms with van der Waals surface area (Å²) in [5.74, 6) is -0.882. The number of alkyl carbamates (subject to hydrolysis) is 1. The van der Waals surface area contributed by atoms with Gasteiger partial charge < -0.3 is 15.2 Å². The summed E-state index contributed by atoms with van der Waals surface area (Å²) in [7, 11) is 0. The van der Waals surface area contributed by atoms with Crippen molar-refractivity contribution in [1.82, 2.24) is 5.32 Å². The minimum atomic E-state index is -0.882. The highest BCUT2D eigenvalue weighted by Crippen LogP contribution is 2.06. The molecule has 0 bridgehead atoms. The van der Waals surface area contributed by atoms with Gasteiger partial charge in [-0.05, 0) is 16.7 Å². The molecule has 0 aliphatic rings. The molecular formula is C17H17NO4. The molecule has 0 aliphatic carbocycles. The van der Waals surface area contributed by atoms with Gasteiger partial charge in [0.15, 0.2) is 0 Å². The van der Waals surface area contributed by atoms with Crippen LogP contribution in [0.1, 0.15) is 16.7 Å². The number of ether oxygens (including phenoxy) is 1. The number of rotatable bonds is 6. The molecule has 2 rings (SSSR count). The largest absolute Gasteiger partial charge is 0.481 e. The molecule has 2 aromatic rings. The van der Waals surface area contributed by atoms with E-state index in [2.05, 4.69) is 5.32 Å². The standard InChI is InChI=1S/C17H17NO4/c19-16(20)10-14-7-4-8-15(9-14)11-18-17(21)22-12-13-5-2-1-3-6-13/h1-9H,10-12H2,(H,18,21)(H,19,20). The van der Waals surface area contributed by atoms with E-state index in [0.29, 0.717) is 12.1 Å². The summed E-state index contributed by atoms with van der Waals surface area (Å²) >= 11 is 0. The zero-order valence-electron chi connectivity index (χ0n) is 12.0. The molecule has 0 fully saturated rings. The maximum Gasteiger partial charge on any atom is 0.407 e. The number of carboxylic acids is 1. The van der Waals surface area contributed by atoms with E-state index in [0.717, 1.165) is 11.1 Å². The van der Waals surface area contributed by atoms with Crippen molar-refractivity contribution in [2.24, 2.45) is 0 Å². The Bertz CT molecular complexity index is 640. The van der Waals surface area contributed by atoms with Crippen LogP contribution in [0, 0.1) is 0 Å². The Morgan fingerprint density at radius 3 is 2.36 bits per heavy atom. The summed E-state index contributed by atoms with van der Waals surface area (Å²) in [6.07, 6.45) is -0.542. The minimum absolute atomic E-state index is 0.0354. The van der Waals surface area contributed by atoms with E-state index in [-0.39, 0.29) is 13.0 Å². The fourth-order valence-corrected chi connectivity index (χ4v) is 1.97. The van der Waals surface area contributed by atoms with Gasteiger partial charge in [-0.3, -0.25) is 4.79 Å². The van der Waals surface area contributed by atoms with Crippen LogP contribution in [0.3, 0.4) is 0 Å². The summed E-state index contributed by atoms with van der Waals surface area (Å²) < 4.78 is 5.10. The zero-order valence-corrected chi connectivity index (χ0v) is 12.0. The highest BCUT2D eigenvalue weighted by molar-refractivity contribution is 5.70. The van der Waals surface area contributed by atoms with Crippen molar-refractivity contribution in [2.75, 3.05) is 0 Å². The smallest absolute Gasteiger partial charge is 0.407 e. The average Bonchev–Trinajstić information content (AvgIpc) is 2.52. The summed E-state index contributed by atoms with van der Waals surface area (Å²) in [4.78, 5) is 22.3. The number of carbonyl (C=O) groups excluding carboxylic acids is 1. The number of amides is 1. The third kappa shape index (κ3) is 5.28. The van der Waals surface area contributed by atoms with E-state index in [9.17, 15) is 9.59 Å². The van der Waals surface area contributed by atoms with Crippen molar-refractivity contribution in [3.05, 3.63) is 71.3 Å². The predicted molar refractivity (Wildman–Crippen MR) is 81.2 cm³/mol. The lowest BCUT2D eigenvalue weighted by molar-refractivity contribution is -0.136. The van der Waals surface area contributed by atoms with E-state index >= 15 is 0 Å². The molecule has 0 saturated carbocycles. The topological polar surface area (TPSA) is 75.6 Å². The third-order valence-electron chi connectivity index (χ3n) is 3.00. The summed E-state index contributed by atoms with van der Waals surface area (Å²) in [6, 6.07) is 16.5. The number of hydrogen-bond acceptors (Lipinski definition) is 3. The molecule has 2 N–H and O–H groups in total. The molecule has 0 aromatic heterocycles. The fraction of sp³-hybridized carbons (Fsp3) is 0.176. The first-order valence-electron chi connectivity index (χ1n) is 6.87. The van der Waals surface area contributed by atoms with Gasteiger partial charge in [-0.25, -0.2) is 4.79 Å². The van der Waals surface area contributed by atoms with Gasteiger partial charge in [0.05, 0.1) is 6.42 Å². The van der Waals surface area contributed by atoms with Gasteiger partial charge in [-0.1, -0.05) is 54.6 Å². The predicted octanol–water partition coefficient (Wildman–Crippen LogP) is 2.74. The average molecular weight is 299 g/mol. The van der Waals surface area contributed by atoms with Crippen LogP contribution in [0.25, 0.3) is 0 Å². The van der Waals surface area contributed by atoms with Crippen molar-refractivity contribution in [3.63, 3.8) is 0 Å². The van der Waals surface area contributed by atoms with Crippen molar-refractivity contribution < 1.29 is 19.4 Å². The second-order valence-electron chi connectivity index (χ2n) is 4.81. The lowest BCUT2D eigenvalue weighted by Gasteiger charge is -2.08. The van der Waals surface area contributed by atoms with Crippen molar-refractivity contribution in [3.8, 4) is 0 Å². The number of aliphatic carboxylic acids is 1. The monoisotopic (exact) mass is 299 g/mol. The fourth-order valence-electron chi connectivity index (χ4n) is 1.97. The quantitative estimate of drug-likeness (QED) is 0.860. The molecule has 0 radical (unpaired) electrons. The maximum atomic E-state index is 11.6. The lowest BCUT2D eigenvalue weighted by Crippen LogP contribution is -2.23. The second kappa shape index (κ2) is 7.83. The highest BCUT2D eigenvalue weighted by atomic mass is 16.5. The Morgan fingerprint density at radius 2 is 1.64 bits per heavy atom. The van der Waals surface area contributed by atoms with Crippen LogP contribution in [-0.4, -0.2) is 17.2 Å². The highest BCUT2D eigenvalue weighted by Gasteiger charge is 2.05. The Balaban J connectivity index is 1.79. The first kappa shape index (κ1) is 15.6. The Morgan fingerprint density at radius 1 is 0.955 bits per heavy atom. The number of carbonyl (C=O) groups is 2. The van der Waals surface area contributed by atoms with Crippen molar-refractivity contribution >= 4 is 12.1 Å². The molecule has 0 atom stereocenters.